The van der Waals surface area contributed by atoms with Crippen molar-refractivity contribution in [3.63, 3.8) is 0 Å². The summed E-state index contributed by atoms with van der Waals surface area (Å²) < 4.78 is 6.24. The average molecular weight is 282 g/mol. The second-order valence-corrected chi connectivity index (χ2v) is 4.13. The highest BCUT2D eigenvalue weighted by atomic mass is 79.9. The maximum Gasteiger partial charge on any atom is 0.311 e. The van der Waals surface area contributed by atoms with Crippen LogP contribution in [0.4, 0.5) is 0 Å². The second kappa shape index (κ2) is 4.49. The first-order valence-electron chi connectivity index (χ1n) is 4.57. The lowest BCUT2D eigenvalue weighted by Gasteiger charge is -1.95. The van der Waals surface area contributed by atoms with Gasteiger partial charge in [0.1, 0.15) is 12.2 Å². The molecule has 0 aliphatic heterocycles. The number of nitrogens with zero attached hydrogens (tertiary/aromatic N) is 1. The zero-order chi connectivity index (χ0) is 11.5. The summed E-state index contributed by atoms with van der Waals surface area (Å²) in [6.07, 6.45) is 1.28. The van der Waals surface area contributed by atoms with Crippen LogP contribution in [-0.4, -0.2) is 16.1 Å². The van der Waals surface area contributed by atoms with E-state index >= 15 is 0 Å². The third-order valence-corrected chi connectivity index (χ3v) is 2.44. The molecule has 0 saturated carbocycles. The molecule has 0 atom stereocenters. The highest BCUT2D eigenvalue weighted by Crippen LogP contribution is 2.22. The number of halogens is 1. The number of hydrogen-bond acceptors (Lipinski definition) is 3. The van der Waals surface area contributed by atoms with Crippen molar-refractivity contribution in [1.29, 1.82) is 0 Å². The molecule has 2 rings (SSSR count). The Bertz CT molecular complexity index is 521. The second-order valence-electron chi connectivity index (χ2n) is 3.21. The Morgan fingerprint density at radius 2 is 2.31 bits per heavy atom. The first kappa shape index (κ1) is 10.9. The van der Waals surface area contributed by atoms with Crippen molar-refractivity contribution >= 4 is 21.9 Å². The number of oxazole rings is 1. The summed E-state index contributed by atoms with van der Waals surface area (Å²) in [5, 5.41) is 8.60. The highest BCUT2D eigenvalue weighted by Gasteiger charge is 2.09. The minimum Gasteiger partial charge on any atom is -0.481 e. The van der Waals surface area contributed by atoms with Crippen LogP contribution < -0.4 is 0 Å². The summed E-state index contributed by atoms with van der Waals surface area (Å²) in [4.78, 5) is 14.5. The molecule has 1 aromatic heterocycles. The molecule has 0 aliphatic rings. The number of aliphatic carboxylic acids is 1. The summed E-state index contributed by atoms with van der Waals surface area (Å²) in [6, 6.07) is 7.46. The van der Waals surface area contributed by atoms with E-state index in [0.29, 0.717) is 11.7 Å². The lowest BCUT2D eigenvalue weighted by atomic mass is 10.2. The Kier molecular flexibility index (Phi) is 3.05. The average Bonchev–Trinajstić information content (AvgIpc) is 2.65. The van der Waals surface area contributed by atoms with Crippen molar-refractivity contribution in [2.45, 2.75) is 6.42 Å². The maximum atomic E-state index is 10.5. The number of rotatable bonds is 3. The predicted molar refractivity (Wildman–Crippen MR) is 61.0 cm³/mol. The standard InChI is InChI=1S/C11H8BrNO3/c12-8-3-1-2-7(4-8)11-13-6-9(16-11)5-10(14)15/h1-4,6H,5H2,(H,14,15). The van der Waals surface area contributed by atoms with Gasteiger partial charge in [0.25, 0.3) is 0 Å². The van der Waals surface area contributed by atoms with E-state index in [4.69, 9.17) is 9.52 Å². The molecule has 0 unspecified atom stereocenters. The van der Waals surface area contributed by atoms with Crippen LogP contribution in [0.3, 0.4) is 0 Å². The number of carbonyl (C=O) groups is 1. The van der Waals surface area contributed by atoms with Crippen molar-refractivity contribution in [3.8, 4) is 11.5 Å². The van der Waals surface area contributed by atoms with E-state index < -0.39 is 5.97 Å². The predicted octanol–water partition coefficient (Wildman–Crippen LogP) is 2.73. The molecule has 0 bridgehead atoms. The van der Waals surface area contributed by atoms with Gasteiger partial charge in [0, 0.05) is 10.0 Å². The van der Waals surface area contributed by atoms with Gasteiger partial charge < -0.3 is 9.52 Å². The Labute approximate surface area is 100 Å². The van der Waals surface area contributed by atoms with E-state index in [0.717, 1.165) is 10.0 Å². The molecule has 82 valence electrons. The van der Waals surface area contributed by atoms with Crippen LogP contribution in [0.15, 0.2) is 39.4 Å². The third-order valence-electron chi connectivity index (χ3n) is 1.95. The fourth-order valence-electron chi connectivity index (χ4n) is 1.29. The minimum atomic E-state index is -0.933. The summed E-state index contributed by atoms with van der Waals surface area (Å²) in [6.45, 7) is 0. The number of benzene rings is 1. The van der Waals surface area contributed by atoms with E-state index in [9.17, 15) is 4.79 Å². The Balaban J connectivity index is 2.28. The molecule has 0 radical (unpaired) electrons. The van der Waals surface area contributed by atoms with Crippen LogP contribution >= 0.6 is 15.9 Å². The molecule has 1 N–H and O–H groups in total. The molecule has 4 nitrogen and oxygen atoms in total. The van der Waals surface area contributed by atoms with Gasteiger partial charge in [-0.3, -0.25) is 4.79 Å². The van der Waals surface area contributed by atoms with Crippen LogP contribution in [0.1, 0.15) is 5.76 Å². The molecule has 0 saturated heterocycles. The van der Waals surface area contributed by atoms with Gasteiger partial charge >= 0.3 is 5.97 Å². The first-order valence-corrected chi connectivity index (χ1v) is 5.37. The number of aromatic nitrogens is 1. The number of hydrogen-bond donors (Lipinski definition) is 1. The normalized spacial score (nSPS) is 10.3. The van der Waals surface area contributed by atoms with E-state index in [1.165, 1.54) is 6.20 Å². The quantitative estimate of drug-likeness (QED) is 0.940. The summed E-state index contributed by atoms with van der Waals surface area (Å²) in [5.41, 5.74) is 0.811. The first-order chi connectivity index (χ1) is 7.65. The molecule has 0 fully saturated rings. The Morgan fingerprint density at radius 3 is 3.00 bits per heavy atom. The molecule has 5 heteroatoms. The van der Waals surface area contributed by atoms with E-state index in [1.807, 2.05) is 24.3 Å². The topological polar surface area (TPSA) is 63.3 Å². The van der Waals surface area contributed by atoms with Crippen LogP contribution in [0.25, 0.3) is 11.5 Å². The molecular weight excluding hydrogens is 274 g/mol. The zero-order valence-corrected chi connectivity index (χ0v) is 9.77. The van der Waals surface area contributed by atoms with Gasteiger partial charge in [0.05, 0.1) is 6.20 Å². The van der Waals surface area contributed by atoms with E-state index in [-0.39, 0.29) is 6.42 Å². The molecule has 2 aromatic rings. The van der Waals surface area contributed by atoms with Gasteiger partial charge in [-0.1, -0.05) is 22.0 Å². The van der Waals surface area contributed by atoms with Gasteiger partial charge in [-0.05, 0) is 18.2 Å². The molecule has 1 heterocycles. The molecular formula is C11H8BrNO3. The smallest absolute Gasteiger partial charge is 0.311 e. The van der Waals surface area contributed by atoms with Crippen molar-refractivity contribution in [1.82, 2.24) is 4.98 Å². The van der Waals surface area contributed by atoms with Gasteiger partial charge in [-0.2, -0.15) is 0 Å². The summed E-state index contributed by atoms with van der Waals surface area (Å²) in [7, 11) is 0. The molecule has 16 heavy (non-hydrogen) atoms. The molecule has 0 aliphatic carbocycles. The Morgan fingerprint density at radius 1 is 1.50 bits per heavy atom. The summed E-state index contributed by atoms with van der Waals surface area (Å²) in [5.74, 6) is -0.156. The fourth-order valence-corrected chi connectivity index (χ4v) is 1.69. The van der Waals surface area contributed by atoms with Gasteiger partial charge in [0.15, 0.2) is 0 Å². The minimum absolute atomic E-state index is 0.152. The SMILES string of the molecule is O=C(O)Cc1cnc(-c2cccc(Br)c2)o1. The van der Waals surface area contributed by atoms with Crippen LogP contribution in [0.2, 0.25) is 0 Å². The third kappa shape index (κ3) is 2.49. The summed E-state index contributed by atoms with van der Waals surface area (Å²) >= 11 is 3.34. The highest BCUT2D eigenvalue weighted by molar-refractivity contribution is 9.10. The van der Waals surface area contributed by atoms with Crippen molar-refractivity contribution in [2.24, 2.45) is 0 Å². The zero-order valence-electron chi connectivity index (χ0n) is 8.18. The molecule has 1 aromatic carbocycles. The van der Waals surface area contributed by atoms with Crippen molar-refractivity contribution < 1.29 is 14.3 Å². The largest absolute Gasteiger partial charge is 0.481 e. The Hall–Kier alpha value is -1.62. The van der Waals surface area contributed by atoms with Crippen molar-refractivity contribution in [2.75, 3.05) is 0 Å². The van der Waals surface area contributed by atoms with Crippen LogP contribution in [-0.2, 0) is 11.2 Å². The fraction of sp³-hybridized carbons (Fsp3) is 0.0909. The van der Waals surface area contributed by atoms with Gasteiger partial charge in [-0.15, -0.1) is 0 Å². The van der Waals surface area contributed by atoms with Crippen LogP contribution in [0.5, 0.6) is 0 Å². The maximum absolute atomic E-state index is 10.5. The monoisotopic (exact) mass is 281 g/mol. The van der Waals surface area contributed by atoms with Gasteiger partial charge in [0.2, 0.25) is 5.89 Å². The number of carboxylic acids is 1. The molecule has 0 spiro atoms. The van der Waals surface area contributed by atoms with E-state index in [2.05, 4.69) is 20.9 Å². The van der Waals surface area contributed by atoms with Gasteiger partial charge in [-0.25, -0.2) is 4.98 Å². The molecule has 0 amide bonds. The van der Waals surface area contributed by atoms with E-state index in [1.54, 1.807) is 0 Å². The number of carboxylic acid groups (broad SMARTS) is 1. The lowest BCUT2D eigenvalue weighted by Crippen LogP contribution is -1.97. The lowest BCUT2D eigenvalue weighted by molar-refractivity contribution is -0.136. The van der Waals surface area contributed by atoms with Crippen molar-refractivity contribution in [3.05, 3.63) is 40.7 Å². The van der Waals surface area contributed by atoms with Crippen LogP contribution in [0, 0.1) is 0 Å².